The summed E-state index contributed by atoms with van der Waals surface area (Å²) in [6.45, 7) is -0.560. The predicted molar refractivity (Wildman–Crippen MR) is 137 cm³/mol. The first-order valence-electron chi connectivity index (χ1n) is 13.3. The van der Waals surface area contributed by atoms with Crippen LogP contribution in [0.4, 0.5) is 0 Å². The smallest absolute Gasteiger partial charge is 0.305 e. The molecule has 1 saturated carbocycles. The van der Waals surface area contributed by atoms with Crippen LogP contribution in [-0.2, 0) is 28.8 Å². The van der Waals surface area contributed by atoms with Crippen LogP contribution >= 0.6 is 0 Å². The number of hydrogen-bond acceptors (Lipinski definition) is 9. The van der Waals surface area contributed by atoms with Crippen molar-refractivity contribution in [1.82, 2.24) is 9.80 Å². The number of carboxylic acid groups (broad SMARTS) is 2. The van der Waals surface area contributed by atoms with E-state index in [-0.39, 0.29) is 43.2 Å². The van der Waals surface area contributed by atoms with E-state index in [4.69, 9.17) is 14.6 Å². The number of ether oxygens (including phenoxy) is 2. The van der Waals surface area contributed by atoms with E-state index in [1.54, 1.807) is 0 Å². The second-order valence-electron chi connectivity index (χ2n) is 10.7. The van der Waals surface area contributed by atoms with Gasteiger partial charge in [-0.3, -0.25) is 38.6 Å². The van der Waals surface area contributed by atoms with E-state index in [1.807, 2.05) is 6.08 Å². The van der Waals surface area contributed by atoms with Crippen molar-refractivity contribution in [2.45, 2.75) is 31.6 Å². The molecule has 4 aliphatic rings. The van der Waals surface area contributed by atoms with Crippen molar-refractivity contribution in [3.8, 4) is 17.2 Å². The van der Waals surface area contributed by atoms with Gasteiger partial charge < -0.3 is 24.8 Å². The molecule has 41 heavy (non-hydrogen) atoms. The summed E-state index contributed by atoms with van der Waals surface area (Å²) in [6.07, 6.45) is 1.29. The third-order valence-electron chi connectivity index (χ3n) is 8.79. The van der Waals surface area contributed by atoms with E-state index in [0.717, 1.165) is 9.80 Å². The van der Waals surface area contributed by atoms with Crippen LogP contribution in [0.3, 0.4) is 0 Å². The Hall–Kier alpha value is -4.42. The molecule has 0 aromatic heterocycles. The zero-order valence-electron chi connectivity index (χ0n) is 22.4. The normalized spacial score (nSPS) is 28.7. The molecule has 2 aliphatic carbocycles. The van der Waals surface area contributed by atoms with Crippen molar-refractivity contribution in [2.24, 2.45) is 29.6 Å². The Kier molecular flexibility index (Phi) is 7.22. The van der Waals surface area contributed by atoms with Crippen LogP contribution in [0.1, 0.15) is 37.2 Å². The number of likely N-dealkylation sites (tertiary alicyclic amines) is 2. The maximum atomic E-state index is 13.7. The summed E-state index contributed by atoms with van der Waals surface area (Å²) in [5, 5.41) is 28.8. The highest BCUT2D eigenvalue weighted by atomic mass is 16.5. The average Bonchev–Trinajstić information content (AvgIpc) is 3.33. The number of benzene rings is 1. The fourth-order valence-corrected chi connectivity index (χ4v) is 7.04. The second kappa shape index (κ2) is 10.5. The van der Waals surface area contributed by atoms with Crippen LogP contribution in [0.5, 0.6) is 17.2 Å². The van der Waals surface area contributed by atoms with Gasteiger partial charge in [0.1, 0.15) is 0 Å². The number of fused-ring (bicyclic) bond motifs is 4. The van der Waals surface area contributed by atoms with Gasteiger partial charge in [-0.25, -0.2) is 0 Å². The number of aliphatic carboxylic acids is 2. The van der Waals surface area contributed by atoms with E-state index < -0.39 is 83.9 Å². The Bertz CT molecular complexity index is 1360. The number of rotatable bonds is 9. The quantitative estimate of drug-likeness (QED) is 0.284. The molecule has 218 valence electrons. The van der Waals surface area contributed by atoms with E-state index in [9.17, 15) is 39.0 Å². The molecule has 2 heterocycles. The summed E-state index contributed by atoms with van der Waals surface area (Å²) in [4.78, 5) is 78.4. The molecule has 4 amide bonds. The zero-order chi connectivity index (χ0) is 29.7. The predicted octanol–water partition coefficient (Wildman–Crippen LogP) is 0.995. The Morgan fingerprint density at radius 1 is 0.805 bits per heavy atom. The number of carbonyl (C=O) groups is 6. The molecule has 0 radical (unpaired) electrons. The van der Waals surface area contributed by atoms with Crippen LogP contribution in [-0.4, -0.2) is 88.0 Å². The molecular weight excluding hydrogens is 540 g/mol. The Labute approximate surface area is 234 Å². The average molecular weight is 571 g/mol. The van der Waals surface area contributed by atoms with E-state index in [0.29, 0.717) is 11.1 Å². The minimum absolute atomic E-state index is 0.0683. The molecule has 6 atom stereocenters. The highest BCUT2D eigenvalue weighted by molar-refractivity contribution is 6.08. The number of allylic oxidation sites excluding steroid dienone is 2. The first kappa shape index (κ1) is 28.1. The Balaban J connectivity index is 1.61. The highest BCUT2D eigenvalue weighted by Crippen LogP contribution is 2.58. The van der Waals surface area contributed by atoms with Gasteiger partial charge in [0.25, 0.3) is 0 Å². The molecular formula is C28H30N2O11. The van der Waals surface area contributed by atoms with Crippen LogP contribution < -0.4 is 9.47 Å². The lowest BCUT2D eigenvalue weighted by atomic mass is 9.57. The second-order valence-corrected chi connectivity index (χ2v) is 10.7. The van der Waals surface area contributed by atoms with Crippen molar-refractivity contribution >= 4 is 35.6 Å². The SMILES string of the molecule is COc1cc([C@H]2C3=CC[C@@H]4C(=O)N(CCC(=O)O)C(=O)[C@@H]4[C@@H]3C[C@H]3C(=O)N(CCC(=O)O)C(=O)[C@@H]23)cc(OC)c1O. The van der Waals surface area contributed by atoms with Crippen molar-refractivity contribution < 1.29 is 53.6 Å². The molecule has 3 N–H and O–H groups in total. The summed E-state index contributed by atoms with van der Waals surface area (Å²) in [5.74, 6) is -9.19. The zero-order valence-corrected chi connectivity index (χ0v) is 22.4. The molecule has 13 heteroatoms. The van der Waals surface area contributed by atoms with Gasteiger partial charge in [-0.15, -0.1) is 0 Å². The summed E-state index contributed by atoms with van der Waals surface area (Å²) in [7, 11) is 2.70. The summed E-state index contributed by atoms with van der Waals surface area (Å²) < 4.78 is 10.7. The van der Waals surface area contributed by atoms with Crippen LogP contribution in [0.2, 0.25) is 0 Å². The van der Waals surface area contributed by atoms with Crippen molar-refractivity contribution in [3.63, 3.8) is 0 Å². The number of carboxylic acids is 2. The van der Waals surface area contributed by atoms with Gasteiger partial charge in [-0.1, -0.05) is 11.6 Å². The van der Waals surface area contributed by atoms with Gasteiger partial charge in [-0.2, -0.15) is 0 Å². The molecule has 5 rings (SSSR count). The maximum Gasteiger partial charge on any atom is 0.305 e. The molecule has 3 fully saturated rings. The minimum atomic E-state index is -1.17. The van der Waals surface area contributed by atoms with Gasteiger partial charge >= 0.3 is 11.9 Å². The number of nitrogens with zero attached hydrogens (tertiary/aromatic N) is 2. The van der Waals surface area contributed by atoms with Crippen LogP contribution in [0.25, 0.3) is 0 Å². The molecule has 1 aromatic rings. The lowest BCUT2D eigenvalue weighted by Gasteiger charge is -2.44. The highest BCUT2D eigenvalue weighted by Gasteiger charge is 2.61. The van der Waals surface area contributed by atoms with E-state index in [1.165, 1.54) is 26.4 Å². The lowest BCUT2D eigenvalue weighted by molar-refractivity contribution is -0.145. The Morgan fingerprint density at radius 3 is 1.83 bits per heavy atom. The minimum Gasteiger partial charge on any atom is -0.502 e. The third kappa shape index (κ3) is 4.49. The first-order chi connectivity index (χ1) is 19.5. The summed E-state index contributed by atoms with van der Waals surface area (Å²) in [6, 6.07) is 3.07. The van der Waals surface area contributed by atoms with Gasteiger partial charge in [0, 0.05) is 19.0 Å². The number of hydrogen-bond donors (Lipinski definition) is 3. The van der Waals surface area contributed by atoms with E-state index in [2.05, 4.69) is 0 Å². The first-order valence-corrected chi connectivity index (χ1v) is 13.3. The van der Waals surface area contributed by atoms with Crippen molar-refractivity contribution in [3.05, 3.63) is 29.3 Å². The van der Waals surface area contributed by atoms with Gasteiger partial charge in [0.2, 0.25) is 29.4 Å². The lowest BCUT2D eigenvalue weighted by Crippen LogP contribution is -2.43. The van der Waals surface area contributed by atoms with Gasteiger partial charge in [0.05, 0.1) is 50.7 Å². The van der Waals surface area contributed by atoms with E-state index >= 15 is 0 Å². The Morgan fingerprint density at radius 2 is 1.32 bits per heavy atom. The number of amides is 4. The number of methoxy groups -OCH3 is 2. The molecule has 2 saturated heterocycles. The monoisotopic (exact) mass is 570 g/mol. The van der Waals surface area contributed by atoms with Crippen molar-refractivity contribution in [1.29, 1.82) is 0 Å². The fraction of sp³-hybridized carbons (Fsp3) is 0.500. The molecule has 2 aliphatic heterocycles. The summed E-state index contributed by atoms with van der Waals surface area (Å²) in [5.41, 5.74) is 1.17. The molecule has 1 aromatic carbocycles. The van der Waals surface area contributed by atoms with Crippen LogP contribution in [0.15, 0.2) is 23.8 Å². The number of imide groups is 2. The number of phenols is 1. The topological polar surface area (TPSA) is 188 Å². The van der Waals surface area contributed by atoms with Gasteiger partial charge in [0.15, 0.2) is 11.5 Å². The van der Waals surface area contributed by atoms with Gasteiger partial charge in [-0.05, 0) is 36.5 Å². The molecule has 0 unspecified atom stereocenters. The number of aromatic hydroxyl groups is 1. The fourth-order valence-electron chi connectivity index (χ4n) is 7.04. The molecule has 0 spiro atoms. The standard InChI is InChI=1S/C28H30N2O11/c1-40-17-9-12(10-18(41-2)24(17)35)21-13-3-4-14-22(27(38)29(25(14)36)7-5-19(31)32)15(13)11-16-23(21)28(39)30(26(16)37)8-6-20(33)34/h3,9-10,14-16,21-23,35H,4-8,11H2,1-2H3,(H,31,32)(H,33,34)/t14-,15+,16+,21-,22-,23+/m0/s1. The number of phenolic OH excluding ortho intramolecular Hbond substituents is 1. The largest absolute Gasteiger partial charge is 0.502 e. The number of carbonyl (C=O) groups excluding carboxylic acids is 4. The van der Waals surface area contributed by atoms with Crippen molar-refractivity contribution in [2.75, 3.05) is 27.3 Å². The molecule has 0 bridgehead atoms. The maximum absolute atomic E-state index is 13.7. The summed E-state index contributed by atoms with van der Waals surface area (Å²) >= 11 is 0. The van der Waals surface area contributed by atoms with Crippen LogP contribution in [0, 0.1) is 29.6 Å². The third-order valence-corrected chi connectivity index (χ3v) is 8.79. The molecule has 13 nitrogen and oxygen atoms in total.